The van der Waals surface area contributed by atoms with Crippen molar-refractivity contribution in [2.45, 2.75) is 56.2 Å². The van der Waals surface area contributed by atoms with Crippen LogP contribution in [0.3, 0.4) is 0 Å². The van der Waals surface area contributed by atoms with Crippen molar-refractivity contribution in [2.24, 2.45) is 0 Å². The first-order valence-electron chi connectivity index (χ1n) is 13.7. The molecule has 0 spiro atoms. The first kappa shape index (κ1) is 39.2. The third kappa shape index (κ3) is 13.4. The van der Waals surface area contributed by atoms with Crippen LogP contribution in [0.15, 0.2) is 87.5 Å². The SMILES string of the molecule is CC(=O)c1c(C)cc(I)cc1C.CF.COc1ccc(S)cc1.COc1ccc(Sc2cc(C)c(C(C)=O)c(C)c2)cc1.[2H]O. The second-order valence-electron chi connectivity index (χ2n) is 9.43. The maximum absolute atomic E-state index is 11.6. The van der Waals surface area contributed by atoms with Crippen LogP contribution in [0, 0.1) is 31.3 Å². The van der Waals surface area contributed by atoms with Crippen LogP contribution in [0.5, 0.6) is 11.5 Å². The highest BCUT2D eigenvalue weighted by Gasteiger charge is 2.10. The Labute approximate surface area is 286 Å². The summed E-state index contributed by atoms with van der Waals surface area (Å²) in [6.45, 7) is 11.2. The van der Waals surface area contributed by atoms with Crippen molar-refractivity contribution in [3.05, 3.63) is 110 Å². The van der Waals surface area contributed by atoms with E-state index in [-0.39, 0.29) is 11.6 Å². The Kier molecular flexibility index (Phi) is 18.7. The topological polar surface area (TPSA) is 84.1 Å². The van der Waals surface area contributed by atoms with Crippen molar-refractivity contribution in [3.8, 4) is 11.5 Å². The lowest BCUT2D eigenvalue weighted by atomic mass is 10.0. The molecule has 9 heteroatoms. The summed E-state index contributed by atoms with van der Waals surface area (Å²) in [6, 6.07) is 23.7. The predicted molar refractivity (Wildman–Crippen MR) is 193 cm³/mol. The molecule has 0 aliphatic rings. The molecule has 238 valence electrons. The molecule has 4 aromatic carbocycles. The summed E-state index contributed by atoms with van der Waals surface area (Å²) >= 11 is 8.06. The summed E-state index contributed by atoms with van der Waals surface area (Å²) in [5.74, 6) is 2.00. The number of hydrogen-bond donors (Lipinski definition) is 1. The van der Waals surface area contributed by atoms with Gasteiger partial charge in [-0.25, -0.2) is 0 Å². The van der Waals surface area contributed by atoms with Gasteiger partial charge in [-0.2, -0.15) is 0 Å². The maximum Gasteiger partial charge on any atom is 0.206 e. The molecular formula is C35H42FIO5S2. The van der Waals surface area contributed by atoms with Crippen LogP contribution in [-0.4, -0.2) is 38.4 Å². The van der Waals surface area contributed by atoms with Gasteiger partial charge in [0.1, 0.15) is 11.5 Å². The fraction of sp³-hybridized carbons (Fsp3) is 0.257. The molecule has 0 unspecified atom stereocenters. The van der Waals surface area contributed by atoms with Gasteiger partial charge in [0.15, 0.2) is 11.6 Å². The Hall–Kier alpha value is -2.86. The number of carbonyl (C=O) groups is 2. The highest BCUT2D eigenvalue weighted by molar-refractivity contribution is 14.1. The van der Waals surface area contributed by atoms with E-state index in [4.69, 9.17) is 16.4 Å². The number of halogens is 2. The van der Waals surface area contributed by atoms with E-state index in [0.29, 0.717) is 7.18 Å². The first-order chi connectivity index (χ1) is 21.4. The third-order valence-electron chi connectivity index (χ3n) is 6.08. The summed E-state index contributed by atoms with van der Waals surface area (Å²) in [7, 11) is 3.81. The fourth-order valence-electron chi connectivity index (χ4n) is 4.37. The lowest BCUT2D eigenvalue weighted by molar-refractivity contribution is 0.100. The summed E-state index contributed by atoms with van der Waals surface area (Å²) < 4.78 is 25.5. The van der Waals surface area contributed by atoms with E-state index in [1.165, 1.54) is 3.57 Å². The fourth-order valence-corrected chi connectivity index (χ4v) is 6.47. The molecule has 0 radical (unpaired) electrons. The predicted octanol–water partition coefficient (Wildman–Crippen LogP) is 9.52. The van der Waals surface area contributed by atoms with Crippen molar-refractivity contribution in [2.75, 3.05) is 21.4 Å². The number of rotatable bonds is 6. The molecule has 0 aliphatic carbocycles. The number of ketones is 2. The largest absolute Gasteiger partial charge is 0.497 e. The van der Waals surface area contributed by atoms with Gasteiger partial charge >= 0.3 is 0 Å². The Bertz CT molecular complexity index is 1450. The number of ether oxygens (including phenoxy) is 2. The zero-order chi connectivity index (χ0) is 34.7. The monoisotopic (exact) mass is 753 g/mol. The number of Topliss-reactive ketones (excluding diaryl/α,β-unsaturated/α-hetero) is 2. The molecule has 2 N–H and O–H groups in total. The van der Waals surface area contributed by atoms with Crippen LogP contribution < -0.4 is 9.47 Å². The highest BCUT2D eigenvalue weighted by atomic mass is 127. The van der Waals surface area contributed by atoms with Gasteiger partial charge in [0.25, 0.3) is 0 Å². The van der Waals surface area contributed by atoms with Gasteiger partial charge in [-0.3, -0.25) is 14.0 Å². The molecule has 0 saturated carbocycles. The van der Waals surface area contributed by atoms with E-state index in [2.05, 4.69) is 47.4 Å². The van der Waals surface area contributed by atoms with E-state index in [1.54, 1.807) is 39.8 Å². The van der Waals surface area contributed by atoms with Crippen molar-refractivity contribution in [3.63, 3.8) is 0 Å². The Morgan fingerprint density at radius 3 is 1.39 bits per heavy atom. The van der Waals surface area contributed by atoms with E-state index in [0.717, 1.165) is 59.6 Å². The Morgan fingerprint density at radius 1 is 0.705 bits per heavy atom. The standard InChI is InChI=1S/C17H18O2S.C10H11IO.C7H8OS.CH3F.H2O/c1-11-9-16(10-12(2)17(11)13(3)18)20-15-7-5-14(19-4)6-8-15;1-6-4-9(11)5-7(2)10(6)8(3)12;1-8-6-2-4-7(9)5-3-6;1-2;/h5-10H,1-4H3;4-5H,1-3H3;2-5,9H,1H3;1H3;1H2/i/hD. The van der Waals surface area contributed by atoms with Crippen LogP contribution in [0.1, 0.15) is 58.2 Å². The molecule has 4 aromatic rings. The quantitative estimate of drug-likeness (QED) is 0.121. The third-order valence-corrected chi connectivity index (χ3v) is 7.98. The van der Waals surface area contributed by atoms with Gasteiger partial charge < -0.3 is 15.0 Å². The Morgan fingerprint density at radius 2 is 1.05 bits per heavy atom. The summed E-state index contributed by atoms with van der Waals surface area (Å²) in [5.41, 5.74) is 12.2. The molecule has 0 saturated heterocycles. The zero-order valence-corrected chi connectivity index (χ0v) is 30.5. The average molecular weight is 754 g/mol. The van der Waals surface area contributed by atoms with E-state index < -0.39 is 0 Å². The van der Waals surface area contributed by atoms with Crippen molar-refractivity contribution in [1.82, 2.24) is 0 Å². The van der Waals surface area contributed by atoms with Crippen LogP contribution in [0.2, 0.25) is 0 Å². The normalized spacial score (nSPS) is 9.61. The van der Waals surface area contributed by atoms with Crippen molar-refractivity contribution in [1.29, 1.82) is 0 Å². The molecule has 4 rings (SSSR count). The lowest BCUT2D eigenvalue weighted by Crippen LogP contribution is -2.00. The van der Waals surface area contributed by atoms with Crippen LogP contribution in [0.25, 0.3) is 0 Å². The number of carbonyl (C=O) groups excluding carboxylic acids is 2. The smallest absolute Gasteiger partial charge is 0.206 e. The van der Waals surface area contributed by atoms with Gasteiger partial charge in [-0.15, -0.1) is 12.6 Å². The van der Waals surface area contributed by atoms with Gasteiger partial charge in [0, 0.05) is 29.4 Å². The molecule has 44 heavy (non-hydrogen) atoms. The van der Waals surface area contributed by atoms with Gasteiger partial charge in [0.05, 0.1) is 21.4 Å². The Balaban J connectivity index is 0.000000660. The molecule has 0 aromatic heterocycles. The van der Waals surface area contributed by atoms with Crippen molar-refractivity contribution >= 4 is 58.5 Å². The minimum atomic E-state index is 0.126. The van der Waals surface area contributed by atoms with Crippen LogP contribution in [0.4, 0.5) is 4.39 Å². The molecule has 0 bridgehead atoms. The summed E-state index contributed by atoms with van der Waals surface area (Å²) in [5, 5.41) is 0. The van der Waals surface area contributed by atoms with E-state index >= 15 is 0 Å². The summed E-state index contributed by atoms with van der Waals surface area (Å²) in [4.78, 5) is 26.1. The minimum absolute atomic E-state index is 0.126. The van der Waals surface area contributed by atoms with E-state index in [1.807, 2.05) is 88.4 Å². The number of benzene rings is 4. The van der Waals surface area contributed by atoms with Crippen molar-refractivity contribution < 1.29 is 30.4 Å². The maximum atomic E-state index is 11.6. The number of hydrogen-bond acceptors (Lipinski definition) is 6. The first-order valence-corrected chi connectivity index (χ1v) is 15.6. The molecule has 5 nitrogen and oxygen atoms in total. The molecule has 0 atom stereocenters. The van der Waals surface area contributed by atoms with Gasteiger partial charge in [-0.05, 0) is 159 Å². The average Bonchev–Trinajstić information content (AvgIpc) is 2.99. The second-order valence-corrected chi connectivity index (χ2v) is 12.3. The van der Waals surface area contributed by atoms with Crippen LogP contribution in [-0.2, 0) is 0 Å². The van der Waals surface area contributed by atoms with Crippen LogP contribution >= 0.6 is 47.0 Å². The molecule has 0 amide bonds. The molecular weight excluding hydrogens is 710 g/mol. The molecule has 0 fully saturated rings. The number of thiol groups is 1. The van der Waals surface area contributed by atoms with Gasteiger partial charge in [0.2, 0.25) is 1.43 Å². The minimum Gasteiger partial charge on any atom is -0.497 e. The van der Waals surface area contributed by atoms with E-state index in [9.17, 15) is 14.0 Å². The highest BCUT2D eigenvalue weighted by Crippen LogP contribution is 2.32. The number of aryl methyl sites for hydroxylation is 4. The molecule has 0 aliphatic heterocycles. The number of alkyl halides is 1. The molecule has 0 heterocycles. The summed E-state index contributed by atoms with van der Waals surface area (Å²) in [6.07, 6.45) is 0. The zero-order valence-electron chi connectivity index (χ0n) is 27.6. The second kappa shape index (κ2) is 21.0. The van der Waals surface area contributed by atoms with Gasteiger partial charge in [-0.1, -0.05) is 11.8 Å². The lowest BCUT2D eigenvalue weighted by Gasteiger charge is -2.10. The number of methoxy groups -OCH3 is 2.